The maximum Gasteiger partial charge on any atom is 0.225 e. The molecular formula is C20H31NO4. The van der Waals surface area contributed by atoms with Crippen LogP contribution in [0.1, 0.15) is 63.7 Å². The standard InChI is InChI=1S/C20H31NO4/c1-15(16-8-12-24-13-9-16)20(23)21-10-4-2-3-6-17(21)14-18(22)19-7-5-11-25-19/h5,7,11,15-18,22H,2-4,6,8-10,12-14H2,1H3. The summed E-state index contributed by atoms with van der Waals surface area (Å²) in [6, 6.07) is 3.69. The molecule has 25 heavy (non-hydrogen) atoms. The number of carbonyl (C=O) groups is 1. The summed E-state index contributed by atoms with van der Waals surface area (Å²) in [5.41, 5.74) is 0. The second-order valence-electron chi connectivity index (χ2n) is 7.54. The van der Waals surface area contributed by atoms with Crippen LogP contribution < -0.4 is 0 Å². The van der Waals surface area contributed by atoms with Crippen molar-refractivity contribution in [3.05, 3.63) is 24.2 Å². The zero-order chi connectivity index (χ0) is 17.6. The van der Waals surface area contributed by atoms with Crippen molar-refractivity contribution in [1.29, 1.82) is 0 Å². The van der Waals surface area contributed by atoms with Crippen LogP contribution in [0, 0.1) is 11.8 Å². The monoisotopic (exact) mass is 349 g/mol. The average Bonchev–Trinajstić information content (AvgIpc) is 3.09. The summed E-state index contributed by atoms with van der Waals surface area (Å²) < 4.78 is 10.8. The summed E-state index contributed by atoms with van der Waals surface area (Å²) in [5, 5.41) is 10.5. The zero-order valence-electron chi connectivity index (χ0n) is 15.2. The number of nitrogens with zero attached hydrogens (tertiary/aromatic N) is 1. The molecule has 0 spiro atoms. The first-order valence-electron chi connectivity index (χ1n) is 9.76. The number of carbonyl (C=O) groups excluding carboxylic acids is 1. The maximum atomic E-state index is 13.2. The largest absolute Gasteiger partial charge is 0.467 e. The third kappa shape index (κ3) is 4.64. The first-order valence-corrected chi connectivity index (χ1v) is 9.76. The summed E-state index contributed by atoms with van der Waals surface area (Å²) in [5.74, 6) is 1.30. The fraction of sp³-hybridized carbons (Fsp3) is 0.750. The number of amides is 1. The molecule has 1 aromatic rings. The van der Waals surface area contributed by atoms with Crippen molar-refractivity contribution in [2.75, 3.05) is 19.8 Å². The second kappa shape index (κ2) is 8.86. The van der Waals surface area contributed by atoms with Crippen LogP contribution in [0.2, 0.25) is 0 Å². The Morgan fingerprint density at radius 3 is 2.80 bits per heavy atom. The van der Waals surface area contributed by atoms with Gasteiger partial charge in [0.1, 0.15) is 11.9 Å². The number of aliphatic hydroxyl groups excluding tert-OH is 1. The molecule has 2 aliphatic rings. The smallest absolute Gasteiger partial charge is 0.225 e. The van der Waals surface area contributed by atoms with Crippen LogP contribution in [-0.2, 0) is 9.53 Å². The van der Waals surface area contributed by atoms with Gasteiger partial charge in [-0.3, -0.25) is 4.79 Å². The van der Waals surface area contributed by atoms with E-state index >= 15 is 0 Å². The van der Waals surface area contributed by atoms with Gasteiger partial charge in [0, 0.05) is 38.1 Å². The van der Waals surface area contributed by atoms with Gasteiger partial charge in [-0.25, -0.2) is 0 Å². The number of aliphatic hydroxyl groups is 1. The molecule has 1 N–H and O–H groups in total. The lowest BCUT2D eigenvalue weighted by Crippen LogP contribution is -2.45. The van der Waals surface area contributed by atoms with E-state index in [0.717, 1.165) is 58.3 Å². The van der Waals surface area contributed by atoms with Crippen LogP contribution in [0.4, 0.5) is 0 Å². The van der Waals surface area contributed by atoms with Crippen molar-refractivity contribution in [2.24, 2.45) is 11.8 Å². The molecule has 3 rings (SSSR count). The Balaban J connectivity index is 1.67. The highest BCUT2D eigenvalue weighted by atomic mass is 16.5. The predicted octanol–water partition coefficient (Wildman–Crippen LogP) is 3.54. The third-order valence-corrected chi connectivity index (χ3v) is 5.89. The van der Waals surface area contributed by atoms with Crippen molar-refractivity contribution in [3.63, 3.8) is 0 Å². The van der Waals surface area contributed by atoms with E-state index in [4.69, 9.17) is 9.15 Å². The van der Waals surface area contributed by atoms with E-state index in [-0.39, 0.29) is 17.9 Å². The predicted molar refractivity (Wildman–Crippen MR) is 95.0 cm³/mol. The van der Waals surface area contributed by atoms with Gasteiger partial charge >= 0.3 is 0 Å². The highest BCUT2D eigenvalue weighted by molar-refractivity contribution is 5.79. The van der Waals surface area contributed by atoms with Gasteiger partial charge in [-0.15, -0.1) is 0 Å². The molecule has 1 aromatic heterocycles. The van der Waals surface area contributed by atoms with Crippen molar-refractivity contribution in [1.82, 2.24) is 4.90 Å². The molecule has 0 aromatic carbocycles. The van der Waals surface area contributed by atoms with Gasteiger partial charge < -0.3 is 19.2 Å². The zero-order valence-corrected chi connectivity index (χ0v) is 15.2. The molecule has 0 radical (unpaired) electrons. The quantitative estimate of drug-likeness (QED) is 0.883. The molecular weight excluding hydrogens is 318 g/mol. The number of ether oxygens (including phenoxy) is 1. The van der Waals surface area contributed by atoms with Crippen molar-refractivity contribution in [2.45, 2.75) is 64.0 Å². The molecule has 0 saturated carbocycles. The summed E-state index contributed by atoms with van der Waals surface area (Å²) >= 11 is 0. The minimum absolute atomic E-state index is 0.0326. The molecule has 140 valence electrons. The Hall–Kier alpha value is -1.33. The van der Waals surface area contributed by atoms with Crippen LogP contribution in [0.25, 0.3) is 0 Å². The second-order valence-corrected chi connectivity index (χ2v) is 7.54. The number of hydrogen-bond donors (Lipinski definition) is 1. The molecule has 3 unspecified atom stereocenters. The van der Waals surface area contributed by atoms with Gasteiger partial charge in [-0.1, -0.05) is 19.8 Å². The molecule has 0 aliphatic carbocycles. The van der Waals surface area contributed by atoms with E-state index in [0.29, 0.717) is 18.1 Å². The number of furan rings is 1. The Morgan fingerprint density at radius 2 is 2.08 bits per heavy atom. The normalized spacial score (nSPS) is 25.4. The summed E-state index contributed by atoms with van der Waals surface area (Å²) in [4.78, 5) is 15.3. The van der Waals surface area contributed by atoms with E-state index in [2.05, 4.69) is 11.8 Å². The van der Waals surface area contributed by atoms with Gasteiger partial charge in [0.05, 0.1) is 6.26 Å². The Kier molecular flexibility index (Phi) is 6.54. The molecule has 3 heterocycles. The molecule has 2 aliphatic heterocycles. The minimum Gasteiger partial charge on any atom is -0.467 e. The van der Waals surface area contributed by atoms with E-state index in [1.807, 2.05) is 0 Å². The SMILES string of the molecule is CC(C(=O)N1CCCCCC1CC(O)c1ccco1)C1CCOCC1. The van der Waals surface area contributed by atoms with Crippen LogP contribution in [0.3, 0.4) is 0 Å². The van der Waals surface area contributed by atoms with Gasteiger partial charge in [0.2, 0.25) is 5.91 Å². The Labute approximate surface area is 150 Å². The number of hydrogen-bond acceptors (Lipinski definition) is 4. The van der Waals surface area contributed by atoms with E-state index in [1.54, 1.807) is 18.4 Å². The van der Waals surface area contributed by atoms with Crippen LogP contribution in [0.5, 0.6) is 0 Å². The highest BCUT2D eigenvalue weighted by Gasteiger charge is 2.34. The first-order chi connectivity index (χ1) is 12.2. The maximum absolute atomic E-state index is 13.2. The fourth-order valence-corrected chi connectivity index (χ4v) is 4.25. The third-order valence-electron chi connectivity index (χ3n) is 5.89. The molecule has 2 fully saturated rings. The van der Waals surface area contributed by atoms with E-state index < -0.39 is 6.10 Å². The van der Waals surface area contributed by atoms with Crippen LogP contribution in [-0.4, -0.2) is 41.7 Å². The van der Waals surface area contributed by atoms with Gasteiger partial charge in [0.15, 0.2) is 0 Å². The lowest BCUT2D eigenvalue weighted by Gasteiger charge is -2.36. The lowest BCUT2D eigenvalue weighted by molar-refractivity contribution is -0.141. The number of likely N-dealkylation sites (tertiary alicyclic amines) is 1. The Bertz CT molecular complexity index is 524. The van der Waals surface area contributed by atoms with Gasteiger partial charge in [-0.2, -0.15) is 0 Å². The molecule has 5 nitrogen and oxygen atoms in total. The molecule has 1 amide bonds. The van der Waals surface area contributed by atoms with Crippen LogP contribution in [0.15, 0.2) is 22.8 Å². The highest BCUT2D eigenvalue weighted by Crippen LogP contribution is 2.31. The summed E-state index contributed by atoms with van der Waals surface area (Å²) in [6.45, 7) is 4.41. The summed E-state index contributed by atoms with van der Waals surface area (Å²) in [7, 11) is 0. The molecule has 2 saturated heterocycles. The number of rotatable bonds is 5. The molecule has 5 heteroatoms. The fourth-order valence-electron chi connectivity index (χ4n) is 4.25. The summed E-state index contributed by atoms with van der Waals surface area (Å²) in [6.07, 6.45) is 7.73. The average molecular weight is 349 g/mol. The first kappa shape index (κ1) is 18.5. The van der Waals surface area contributed by atoms with Crippen molar-refractivity contribution < 1.29 is 19.1 Å². The van der Waals surface area contributed by atoms with E-state index in [1.165, 1.54) is 0 Å². The van der Waals surface area contributed by atoms with Crippen molar-refractivity contribution >= 4 is 5.91 Å². The van der Waals surface area contributed by atoms with Gasteiger partial charge in [0.25, 0.3) is 0 Å². The lowest BCUT2D eigenvalue weighted by atomic mass is 9.86. The minimum atomic E-state index is -0.646. The van der Waals surface area contributed by atoms with Crippen LogP contribution >= 0.6 is 0 Å². The van der Waals surface area contributed by atoms with Crippen molar-refractivity contribution in [3.8, 4) is 0 Å². The van der Waals surface area contributed by atoms with E-state index in [9.17, 15) is 9.90 Å². The molecule has 3 atom stereocenters. The molecule has 0 bridgehead atoms. The van der Waals surface area contributed by atoms with Gasteiger partial charge in [-0.05, 0) is 43.7 Å². The topological polar surface area (TPSA) is 62.9 Å². The Morgan fingerprint density at radius 1 is 1.28 bits per heavy atom.